The lowest BCUT2D eigenvalue weighted by Crippen LogP contribution is -2.16. The Balaban J connectivity index is 1.85. The molecule has 2 heterocycles. The summed E-state index contributed by atoms with van der Waals surface area (Å²) in [6, 6.07) is 12.9. The van der Waals surface area contributed by atoms with Gasteiger partial charge in [-0.1, -0.05) is 55.3 Å². The highest BCUT2D eigenvalue weighted by molar-refractivity contribution is 6.03. The number of aromatic nitrogens is 3. The monoisotopic (exact) mass is 365 g/mol. The van der Waals surface area contributed by atoms with Crippen molar-refractivity contribution in [1.82, 2.24) is 15.1 Å². The van der Waals surface area contributed by atoms with Crippen molar-refractivity contribution in [2.45, 2.75) is 33.1 Å². The summed E-state index contributed by atoms with van der Waals surface area (Å²) in [4.78, 5) is 21.6. The van der Waals surface area contributed by atoms with Crippen molar-refractivity contribution in [3.63, 3.8) is 0 Å². The van der Waals surface area contributed by atoms with Crippen LogP contribution in [0.4, 0.5) is 11.6 Å². The van der Waals surface area contributed by atoms with Gasteiger partial charge in [-0.15, -0.1) is 0 Å². The third kappa shape index (κ3) is 5.13. The summed E-state index contributed by atoms with van der Waals surface area (Å²) in [6.45, 7) is 4.72. The summed E-state index contributed by atoms with van der Waals surface area (Å²) in [5.74, 6) is 1.74. The number of carbonyl (C=O) groups is 1. The predicted octanol–water partition coefficient (Wildman–Crippen LogP) is 4.29. The molecule has 2 aromatic heterocycles. The Labute approximate surface area is 158 Å². The SMILES string of the molecule is CCCCCNc1cc(C(=O)Nc2cc(C)on2)nc(-c2ccccc2)n1. The van der Waals surface area contributed by atoms with Gasteiger partial charge in [-0.25, -0.2) is 9.97 Å². The lowest BCUT2D eigenvalue weighted by Gasteiger charge is -2.10. The molecule has 0 unspecified atom stereocenters. The number of nitrogens with one attached hydrogen (secondary N) is 2. The topological polar surface area (TPSA) is 92.9 Å². The zero-order valence-electron chi connectivity index (χ0n) is 15.5. The van der Waals surface area contributed by atoms with E-state index in [9.17, 15) is 4.79 Å². The normalized spacial score (nSPS) is 10.6. The van der Waals surface area contributed by atoms with Crippen molar-refractivity contribution in [1.29, 1.82) is 0 Å². The molecule has 0 fully saturated rings. The van der Waals surface area contributed by atoms with Crippen molar-refractivity contribution in [3.05, 3.63) is 53.9 Å². The maximum absolute atomic E-state index is 12.6. The van der Waals surface area contributed by atoms with E-state index in [-0.39, 0.29) is 11.6 Å². The first kappa shape index (κ1) is 18.6. The summed E-state index contributed by atoms with van der Waals surface area (Å²) >= 11 is 0. The van der Waals surface area contributed by atoms with Gasteiger partial charge in [-0.2, -0.15) is 0 Å². The number of nitrogens with zero attached hydrogens (tertiary/aromatic N) is 3. The quantitative estimate of drug-likeness (QED) is 0.578. The van der Waals surface area contributed by atoms with Crippen LogP contribution in [-0.4, -0.2) is 27.6 Å². The fraction of sp³-hybridized carbons (Fsp3) is 0.300. The molecule has 7 nitrogen and oxygen atoms in total. The van der Waals surface area contributed by atoms with Crippen LogP contribution < -0.4 is 10.6 Å². The Morgan fingerprint density at radius 1 is 1.07 bits per heavy atom. The molecule has 2 N–H and O–H groups in total. The van der Waals surface area contributed by atoms with Crippen molar-refractivity contribution < 1.29 is 9.32 Å². The number of hydrogen-bond acceptors (Lipinski definition) is 6. The van der Waals surface area contributed by atoms with Crippen LogP contribution in [0.2, 0.25) is 0 Å². The summed E-state index contributed by atoms with van der Waals surface area (Å²) in [5, 5.41) is 9.78. The molecule has 0 atom stereocenters. The zero-order chi connectivity index (χ0) is 19.1. The molecule has 0 aliphatic heterocycles. The molecule has 27 heavy (non-hydrogen) atoms. The Kier molecular flexibility index (Phi) is 6.14. The average Bonchev–Trinajstić information content (AvgIpc) is 3.10. The standard InChI is InChI=1S/C20H23N5O2/c1-3-4-8-11-21-17-13-16(20(26)24-18-12-14(2)27-25-18)22-19(23-17)15-9-6-5-7-10-15/h5-7,9-10,12-13H,3-4,8,11H2,1-2H3,(H,21,22,23)(H,24,25,26). The van der Waals surface area contributed by atoms with Crippen LogP contribution in [0.3, 0.4) is 0 Å². The van der Waals surface area contributed by atoms with E-state index in [1.54, 1.807) is 19.1 Å². The van der Waals surface area contributed by atoms with Crippen LogP contribution >= 0.6 is 0 Å². The van der Waals surface area contributed by atoms with Crippen molar-refractivity contribution >= 4 is 17.5 Å². The predicted molar refractivity (Wildman–Crippen MR) is 105 cm³/mol. The Bertz CT molecular complexity index is 892. The lowest BCUT2D eigenvalue weighted by molar-refractivity contribution is 0.102. The molecule has 1 aromatic carbocycles. The Morgan fingerprint density at radius 3 is 2.59 bits per heavy atom. The molecule has 1 amide bonds. The first-order chi connectivity index (χ1) is 13.2. The zero-order valence-corrected chi connectivity index (χ0v) is 15.5. The van der Waals surface area contributed by atoms with E-state index in [0.29, 0.717) is 23.2 Å². The van der Waals surface area contributed by atoms with Crippen LogP contribution in [0.25, 0.3) is 11.4 Å². The summed E-state index contributed by atoms with van der Waals surface area (Å²) < 4.78 is 4.98. The minimum absolute atomic E-state index is 0.266. The molecule has 0 radical (unpaired) electrons. The number of hydrogen-bond donors (Lipinski definition) is 2. The fourth-order valence-electron chi connectivity index (χ4n) is 2.57. The number of unbranched alkanes of at least 4 members (excludes halogenated alkanes) is 2. The van der Waals surface area contributed by atoms with Gasteiger partial charge >= 0.3 is 0 Å². The molecular weight excluding hydrogens is 342 g/mol. The third-order valence-corrected chi connectivity index (χ3v) is 3.95. The molecule has 3 aromatic rings. The highest BCUT2D eigenvalue weighted by atomic mass is 16.5. The van der Waals surface area contributed by atoms with Crippen LogP contribution in [-0.2, 0) is 0 Å². The summed E-state index contributed by atoms with van der Waals surface area (Å²) in [5.41, 5.74) is 1.11. The van der Waals surface area contributed by atoms with Crippen molar-refractivity contribution in [2.24, 2.45) is 0 Å². The molecular formula is C20H23N5O2. The number of carbonyl (C=O) groups excluding carboxylic acids is 1. The van der Waals surface area contributed by atoms with Crippen LogP contribution in [0.15, 0.2) is 47.0 Å². The first-order valence-electron chi connectivity index (χ1n) is 9.08. The maximum Gasteiger partial charge on any atom is 0.275 e. The minimum atomic E-state index is -0.362. The summed E-state index contributed by atoms with van der Waals surface area (Å²) in [6.07, 6.45) is 3.33. The minimum Gasteiger partial charge on any atom is -0.370 e. The van der Waals surface area contributed by atoms with E-state index in [1.165, 1.54) is 0 Å². The molecule has 3 rings (SSSR count). The number of anilines is 2. The van der Waals surface area contributed by atoms with Gasteiger partial charge in [0.1, 0.15) is 17.3 Å². The van der Waals surface area contributed by atoms with Gasteiger partial charge in [0, 0.05) is 24.2 Å². The van der Waals surface area contributed by atoms with E-state index < -0.39 is 0 Å². The van der Waals surface area contributed by atoms with Gasteiger partial charge in [0.25, 0.3) is 5.91 Å². The second kappa shape index (κ2) is 8.93. The molecule has 0 bridgehead atoms. The third-order valence-electron chi connectivity index (χ3n) is 3.95. The maximum atomic E-state index is 12.6. The van der Waals surface area contributed by atoms with E-state index in [0.717, 1.165) is 31.4 Å². The Hall–Kier alpha value is -3.22. The smallest absolute Gasteiger partial charge is 0.275 e. The highest BCUT2D eigenvalue weighted by Gasteiger charge is 2.14. The Morgan fingerprint density at radius 2 is 1.89 bits per heavy atom. The molecule has 7 heteroatoms. The number of aryl methyl sites for hydroxylation is 1. The molecule has 0 aliphatic rings. The van der Waals surface area contributed by atoms with Crippen molar-refractivity contribution in [3.8, 4) is 11.4 Å². The van der Waals surface area contributed by atoms with E-state index in [2.05, 4.69) is 32.7 Å². The molecule has 0 spiro atoms. The second-order valence-corrected chi connectivity index (χ2v) is 6.24. The number of rotatable bonds is 8. The van der Waals surface area contributed by atoms with Crippen LogP contribution in [0.5, 0.6) is 0 Å². The lowest BCUT2D eigenvalue weighted by atomic mass is 10.2. The average molecular weight is 365 g/mol. The second-order valence-electron chi connectivity index (χ2n) is 6.24. The molecule has 140 valence electrons. The molecule has 0 aliphatic carbocycles. The van der Waals surface area contributed by atoms with Gasteiger partial charge < -0.3 is 15.2 Å². The van der Waals surface area contributed by atoms with Crippen LogP contribution in [0.1, 0.15) is 42.4 Å². The van der Waals surface area contributed by atoms with Crippen molar-refractivity contribution in [2.75, 3.05) is 17.2 Å². The van der Waals surface area contributed by atoms with Gasteiger partial charge in [0.2, 0.25) is 0 Å². The summed E-state index contributed by atoms with van der Waals surface area (Å²) in [7, 11) is 0. The number of amides is 1. The number of benzene rings is 1. The molecule has 0 saturated heterocycles. The van der Waals surface area contributed by atoms with Gasteiger partial charge in [0.15, 0.2) is 11.6 Å². The van der Waals surface area contributed by atoms with Gasteiger partial charge in [-0.05, 0) is 13.3 Å². The molecule has 0 saturated carbocycles. The largest absolute Gasteiger partial charge is 0.370 e. The van der Waals surface area contributed by atoms with E-state index >= 15 is 0 Å². The van der Waals surface area contributed by atoms with Crippen LogP contribution in [0, 0.1) is 6.92 Å². The van der Waals surface area contributed by atoms with Gasteiger partial charge in [0.05, 0.1) is 0 Å². The highest BCUT2D eigenvalue weighted by Crippen LogP contribution is 2.19. The van der Waals surface area contributed by atoms with Gasteiger partial charge in [-0.3, -0.25) is 4.79 Å². The van der Waals surface area contributed by atoms with E-state index in [4.69, 9.17) is 4.52 Å². The van der Waals surface area contributed by atoms with E-state index in [1.807, 2.05) is 30.3 Å². The first-order valence-corrected chi connectivity index (χ1v) is 9.08. The fourth-order valence-corrected chi connectivity index (χ4v) is 2.57.